The van der Waals surface area contributed by atoms with Crippen molar-refractivity contribution in [2.45, 2.75) is 0 Å². The molecule has 0 radical (unpaired) electrons. The van der Waals surface area contributed by atoms with E-state index in [0.29, 0.717) is 5.75 Å². The minimum absolute atomic E-state index is 0.246. The van der Waals surface area contributed by atoms with Gasteiger partial charge in [-0.05, 0) is 38.4 Å². The summed E-state index contributed by atoms with van der Waals surface area (Å²) in [6, 6.07) is 15.7. The van der Waals surface area contributed by atoms with E-state index in [4.69, 9.17) is 9.72 Å². The maximum atomic E-state index is 11.8. The average Bonchev–Trinajstić information content (AvgIpc) is 3.12. The molecule has 2 heterocycles. The van der Waals surface area contributed by atoms with Gasteiger partial charge in [-0.2, -0.15) is 0 Å². The van der Waals surface area contributed by atoms with Gasteiger partial charge in [-0.3, -0.25) is 14.1 Å². The summed E-state index contributed by atoms with van der Waals surface area (Å²) in [6.45, 7) is 0.246. The molecule has 0 aliphatic rings. The second-order valence-electron chi connectivity index (χ2n) is 6.09. The molecule has 0 N–H and O–H groups in total. The zero-order chi connectivity index (χ0) is 17.4. The maximum absolute atomic E-state index is 11.8. The SMILES string of the molecule is CN(C)CC(=O)Oc1cccc(-c2cn3c(n2)sc2ccccc23)c1. The Hall–Kier alpha value is -2.70. The summed E-state index contributed by atoms with van der Waals surface area (Å²) in [7, 11) is 3.67. The molecule has 2 aromatic heterocycles. The van der Waals surface area contributed by atoms with Crippen LogP contribution in [0, 0.1) is 0 Å². The fraction of sp³-hybridized carbons (Fsp3) is 0.158. The van der Waals surface area contributed by atoms with Crippen molar-refractivity contribution in [2.24, 2.45) is 0 Å². The van der Waals surface area contributed by atoms with Crippen molar-refractivity contribution >= 4 is 32.5 Å². The first-order valence-electron chi connectivity index (χ1n) is 7.92. The molecule has 4 rings (SSSR count). The van der Waals surface area contributed by atoms with Gasteiger partial charge in [-0.15, -0.1) is 0 Å². The molecule has 0 saturated heterocycles. The summed E-state index contributed by atoms with van der Waals surface area (Å²) in [5, 5.41) is 0. The number of ether oxygens (including phenoxy) is 1. The zero-order valence-electron chi connectivity index (χ0n) is 14.0. The minimum atomic E-state index is -0.279. The summed E-state index contributed by atoms with van der Waals surface area (Å²) in [5.41, 5.74) is 2.94. The molecule has 5 nitrogen and oxygen atoms in total. The molecule has 0 aliphatic carbocycles. The number of likely N-dealkylation sites (N-methyl/N-ethyl adjacent to an activating group) is 1. The number of hydrogen-bond donors (Lipinski definition) is 0. The second-order valence-corrected chi connectivity index (χ2v) is 7.10. The molecule has 0 fully saturated rings. The Bertz CT molecular complexity index is 1060. The molecule has 0 unspecified atom stereocenters. The van der Waals surface area contributed by atoms with Crippen LogP contribution in [0.1, 0.15) is 0 Å². The van der Waals surface area contributed by atoms with Crippen LogP contribution in [-0.2, 0) is 4.79 Å². The standard InChI is InChI=1S/C19H17N3O2S/c1-21(2)12-18(23)24-14-7-5-6-13(10-14)15-11-22-16-8-3-4-9-17(16)25-19(22)20-15/h3-11H,12H2,1-2H3. The summed E-state index contributed by atoms with van der Waals surface area (Å²) in [4.78, 5) is 19.3. The van der Waals surface area contributed by atoms with Crippen molar-refractivity contribution < 1.29 is 9.53 Å². The number of thiazole rings is 1. The minimum Gasteiger partial charge on any atom is -0.426 e. The van der Waals surface area contributed by atoms with Gasteiger partial charge in [-0.1, -0.05) is 35.6 Å². The largest absolute Gasteiger partial charge is 0.426 e. The number of rotatable bonds is 4. The van der Waals surface area contributed by atoms with Gasteiger partial charge in [0.25, 0.3) is 0 Å². The van der Waals surface area contributed by atoms with E-state index in [9.17, 15) is 4.79 Å². The van der Waals surface area contributed by atoms with Crippen molar-refractivity contribution in [1.29, 1.82) is 0 Å². The van der Waals surface area contributed by atoms with Crippen molar-refractivity contribution in [2.75, 3.05) is 20.6 Å². The molecule has 0 amide bonds. The maximum Gasteiger partial charge on any atom is 0.325 e. The molecule has 4 aromatic rings. The Morgan fingerprint density at radius 1 is 1.20 bits per heavy atom. The number of nitrogens with zero attached hydrogens (tertiary/aromatic N) is 3. The van der Waals surface area contributed by atoms with E-state index >= 15 is 0 Å². The third kappa shape index (κ3) is 3.14. The summed E-state index contributed by atoms with van der Waals surface area (Å²) in [5.74, 6) is 0.254. The number of hydrogen-bond acceptors (Lipinski definition) is 5. The van der Waals surface area contributed by atoms with Crippen molar-refractivity contribution in [3.63, 3.8) is 0 Å². The van der Waals surface area contributed by atoms with Gasteiger partial charge in [0.1, 0.15) is 5.75 Å². The Balaban J connectivity index is 1.66. The van der Waals surface area contributed by atoms with Gasteiger partial charge >= 0.3 is 5.97 Å². The predicted octanol–water partition coefficient (Wildman–Crippen LogP) is 3.68. The van der Waals surface area contributed by atoms with Crippen molar-refractivity contribution in [3.8, 4) is 17.0 Å². The van der Waals surface area contributed by atoms with E-state index in [1.54, 1.807) is 22.3 Å². The predicted molar refractivity (Wildman–Crippen MR) is 100 cm³/mol. The molecule has 0 bridgehead atoms. The van der Waals surface area contributed by atoms with Crippen LogP contribution in [0.5, 0.6) is 5.75 Å². The van der Waals surface area contributed by atoms with Gasteiger partial charge in [0.15, 0.2) is 4.96 Å². The molecule has 0 spiro atoms. The topological polar surface area (TPSA) is 46.8 Å². The van der Waals surface area contributed by atoms with Crippen LogP contribution in [0.3, 0.4) is 0 Å². The highest BCUT2D eigenvalue weighted by Crippen LogP contribution is 2.30. The molecule has 126 valence electrons. The number of carbonyl (C=O) groups excluding carboxylic acids is 1. The number of benzene rings is 2. The van der Waals surface area contributed by atoms with Gasteiger partial charge in [-0.25, -0.2) is 4.98 Å². The summed E-state index contributed by atoms with van der Waals surface area (Å²) >= 11 is 1.66. The van der Waals surface area contributed by atoms with E-state index in [-0.39, 0.29) is 12.5 Å². The van der Waals surface area contributed by atoms with Crippen LogP contribution in [-0.4, -0.2) is 40.9 Å². The fourth-order valence-corrected chi connectivity index (χ4v) is 3.74. The van der Waals surface area contributed by atoms with Crippen LogP contribution in [0.25, 0.3) is 26.4 Å². The molecule has 0 aliphatic heterocycles. The number of imidazole rings is 1. The summed E-state index contributed by atoms with van der Waals surface area (Å²) in [6.07, 6.45) is 2.02. The van der Waals surface area contributed by atoms with Crippen LogP contribution in [0.15, 0.2) is 54.7 Å². The smallest absolute Gasteiger partial charge is 0.325 e. The van der Waals surface area contributed by atoms with E-state index in [1.165, 1.54) is 4.70 Å². The second kappa shape index (κ2) is 6.31. The first-order valence-corrected chi connectivity index (χ1v) is 8.74. The third-order valence-corrected chi connectivity index (χ3v) is 4.84. The first kappa shape index (κ1) is 15.8. The molecule has 2 aromatic carbocycles. The third-order valence-electron chi connectivity index (χ3n) is 3.81. The molecule has 0 saturated carbocycles. The van der Waals surface area contributed by atoms with Crippen LogP contribution < -0.4 is 4.74 Å². The average molecular weight is 351 g/mol. The Morgan fingerprint density at radius 3 is 2.88 bits per heavy atom. The lowest BCUT2D eigenvalue weighted by Gasteiger charge is -2.09. The summed E-state index contributed by atoms with van der Waals surface area (Å²) < 4.78 is 8.71. The fourth-order valence-electron chi connectivity index (χ4n) is 2.73. The highest BCUT2D eigenvalue weighted by Gasteiger charge is 2.11. The lowest BCUT2D eigenvalue weighted by Crippen LogP contribution is -2.25. The monoisotopic (exact) mass is 351 g/mol. The molecule has 6 heteroatoms. The van der Waals surface area contributed by atoms with Crippen LogP contribution >= 0.6 is 11.3 Å². The normalized spacial score (nSPS) is 11.5. The van der Waals surface area contributed by atoms with Crippen molar-refractivity contribution in [3.05, 3.63) is 54.7 Å². The first-order chi connectivity index (χ1) is 12.1. The number of para-hydroxylation sites is 1. The van der Waals surface area contributed by atoms with Gasteiger partial charge in [0.2, 0.25) is 0 Å². The van der Waals surface area contributed by atoms with Crippen molar-refractivity contribution in [1.82, 2.24) is 14.3 Å². The number of fused-ring (bicyclic) bond motifs is 3. The Labute approximate surface area is 149 Å². The van der Waals surface area contributed by atoms with E-state index < -0.39 is 0 Å². The van der Waals surface area contributed by atoms with E-state index in [1.807, 2.05) is 50.6 Å². The van der Waals surface area contributed by atoms with Gasteiger partial charge in [0, 0.05) is 11.8 Å². The van der Waals surface area contributed by atoms with E-state index in [0.717, 1.165) is 21.7 Å². The van der Waals surface area contributed by atoms with Gasteiger partial charge in [0.05, 0.1) is 22.5 Å². The Kier molecular flexibility index (Phi) is 3.99. The number of carbonyl (C=O) groups is 1. The molecular formula is C19H17N3O2S. The van der Waals surface area contributed by atoms with Crippen LogP contribution in [0.4, 0.5) is 0 Å². The highest BCUT2D eigenvalue weighted by molar-refractivity contribution is 7.23. The number of esters is 1. The molecule has 0 atom stereocenters. The van der Waals surface area contributed by atoms with E-state index in [2.05, 4.69) is 16.5 Å². The zero-order valence-corrected chi connectivity index (χ0v) is 14.8. The molecular weight excluding hydrogens is 334 g/mol. The quantitative estimate of drug-likeness (QED) is 0.416. The Morgan fingerprint density at radius 2 is 2.04 bits per heavy atom. The highest BCUT2D eigenvalue weighted by atomic mass is 32.1. The van der Waals surface area contributed by atoms with Crippen LogP contribution in [0.2, 0.25) is 0 Å². The molecule has 25 heavy (non-hydrogen) atoms. The lowest BCUT2D eigenvalue weighted by atomic mass is 10.1. The van der Waals surface area contributed by atoms with Gasteiger partial charge < -0.3 is 4.74 Å². The lowest BCUT2D eigenvalue weighted by molar-refractivity contribution is -0.135. The number of aromatic nitrogens is 2.